The SMILES string of the molecule is CC(C)c1ncc(C(=N)c2cc(N)ccc2N)o1. The molecule has 0 saturated carbocycles. The molecule has 0 aliphatic carbocycles. The molecule has 94 valence electrons. The summed E-state index contributed by atoms with van der Waals surface area (Å²) >= 11 is 0. The summed E-state index contributed by atoms with van der Waals surface area (Å²) in [6.07, 6.45) is 1.54. The minimum Gasteiger partial charge on any atom is -0.439 e. The van der Waals surface area contributed by atoms with Gasteiger partial charge in [0.2, 0.25) is 0 Å². The zero-order valence-corrected chi connectivity index (χ0v) is 10.4. The maximum absolute atomic E-state index is 8.09. The fourth-order valence-corrected chi connectivity index (χ4v) is 1.59. The minimum atomic E-state index is 0.185. The maximum atomic E-state index is 8.09. The highest BCUT2D eigenvalue weighted by molar-refractivity contribution is 6.12. The molecule has 0 atom stereocenters. The van der Waals surface area contributed by atoms with Gasteiger partial charge in [-0.2, -0.15) is 0 Å². The van der Waals surface area contributed by atoms with Crippen LogP contribution >= 0.6 is 0 Å². The lowest BCUT2D eigenvalue weighted by Crippen LogP contribution is -2.05. The van der Waals surface area contributed by atoms with Crippen LogP contribution in [0.5, 0.6) is 0 Å². The van der Waals surface area contributed by atoms with Gasteiger partial charge in [0.05, 0.1) is 6.20 Å². The molecule has 5 nitrogen and oxygen atoms in total. The number of oxazole rings is 1. The van der Waals surface area contributed by atoms with Crippen LogP contribution in [-0.2, 0) is 0 Å². The Hall–Kier alpha value is -2.30. The molecule has 0 radical (unpaired) electrons. The molecule has 0 saturated heterocycles. The number of hydrogen-bond donors (Lipinski definition) is 3. The predicted molar refractivity (Wildman–Crippen MR) is 71.8 cm³/mol. The van der Waals surface area contributed by atoms with Crippen LogP contribution in [0.15, 0.2) is 28.8 Å². The fourth-order valence-electron chi connectivity index (χ4n) is 1.59. The van der Waals surface area contributed by atoms with E-state index in [9.17, 15) is 0 Å². The topological polar surface area (TPSA) is 102 Å². The molecule has 0 amide bonds. The second kappa shape index (κ2) is 4.52. The molecule has 0 aliphatic heterocycles. The summed E-state index contributed by atoms with van der Waals surface area (Å²) in [6.45, 7) is 3.96. The number of hydrogen-bond acceptors (Lipinski definition) is 5. The fraction of sp³-hybridized carbons (Fsp3) is 0.231. The number of nitrogens with zero attached hydrogens (tertiary/aromatic N) is 1. The smallest absolute Gasteiger partial charge is 0.197 e. The Labute approximate surface area is 105 Å². The third-order valence-electron chi connectivity index (χ3n) is 2.61. The van der Waals surface area contributed by atoms with Crippen LogP contribution in [0.25, 0.3) is 0 Å². The van der Waals surface area contributed by atoms with E-state index in [1.165, 1.54) is 0 Å². The van der Waals surface area contributed by atoms with Crippen molar-refractivity contribution in [1.82, 2.24) is 4.98 Å². The van der Waals surface area contributed by atoms with Crippen molar-refractivity contribution in [2.24, 2.45) is 0 Å². The molecular weight excluding hydrogens is 228 g/mol. The summed E-state index contributed by atoms with van der Waals surface area (Å²) in [4.78, 5) is 4.13. The maximum Gasteiger partial charge on any atom is 0.197 e. The normalized spacial score (nSPS) is 10.8. The Morgan fingerprint density at radius 2 is 2.06 bits per heavy atom. The van der Waals surface area contributed by atoms with Crippen molar-refractivity contribution in [2.45, 2.75) is 19.8 Å². The molecule has 2 rings (SSSR count). The highest BCUT2D eigenvalue weighted by atomic mass is 16.4. The van der Waals surface area contributed by atoms with Crippen LogP contribution in [0.4, 0.5) is 11.4 Å². The first-order valence-corrected chi connectivity index (χ1v) is 5.69. The average Bonchev–Trinajstić information content (AvgIpc) is 2.81. The quantitative estimate of drug-likeness (QED) is 0.569. The summed E-state index contributed by atoms with van der Waals surface area (Å²) in [5, 5.41) is 8.09. The van der Waals surface area contributed by atoms with Crippen LogP contribution < -0.4 is 11.5 Å². The van der Waals surface area contributed by atoms with Crippen LogP contribution in [-0.4, -0.2) is 10.7 Å². The van der Waals surface area contributed by atoms with Crippen molar-refractivity contribution < 1.29 is 4.42 Å². The zero-order chi connectivity index (χ0) is 13.3. The second-order valence-electron chi connectivity index (χ2n) is 4.44. The number of anilines is 2. The standard InChI is InChI=1S/C13H16N4O/c1-7(2)13-17-6-11(18-13)12(16)9-5-8(14)3-4-10(9)15/h3-7,16H,14-15H2,1-2H3. The van der Waals surface area contributed by atoms with E-state index in [1.54, 1.807) is 24.4 Å². The van der Waals surface area contributed by atoms with E-state index in [2.05, 4.69) is 4.98 Å². The molecule has 1 aromatic carbocycles. The molecule has 0 spiro atoms. The summed E-state index contributed by atoms with van der Waals surface area (Å²) in [5.74, 6) is 1.19. The van der Waals surface area contributed by atoms with Gasteiger partial charge in [0.25, 0.3) is 0 Å². The number of nitrogen functional groups attached to an aromatic ring is 2. The molecule has 2 aromatic rings. The van der Waals surface area contributed by atoms with E-state index in [0.717, 1.165) is 0 Å². The Bertz CT molecular complexity index is 586. The van der Waals surface area contributed by atoms with Crippen molar-refractivity contribution in [3.05, 3.63) is 41.6 Å². The van der Waals surface area contributed by atoms with E-state index in [-0.39, 0.29) is 11.6 Å². The molecular formula is C13H16N4O. The van der Waals surface area contributed by atoms with Gasteiger partial charge in [-0.05, 0) is 18.2 Å². The highest BCUT2D eigenvalue weighted by Gasteiger charge is 2.15. The lowest BCUT2D eigenvalue weighted by atomic mass is 10.1. The summed E-state index contributed by atoms with van der Waals surface area (Å²) in [5.41, 5.74) is 13.3. The van der Waals surface area contributed by atoms with Crippen LogP contribution in [0.2, 0.25) is 0 Å². The zero-order valence-electron chi connectivity index (χ0n) is 10.4. The largest absolute Gasteiger partial charge is 0.439 e. The van der Waals surface area contributed by atoms with Gasteiger partial charge >= 0.3 is 0 Å². The summed E-state index contributed by atoms with van der Waals surface area (Å²) < 4.78 is 5.52. The first-order chi connectivity index (χ1) is 8.49. The number of rotatable bonds is 3. The third-order valence-corrected chi connectivity index (χ3v) is 2.61. The van der Waals surface area contributed by atoms with Gasteiger partial charge < -0.3 is 15.9 Å². The van der Waals surface area contributed by atoms with Crippen molar-refractivity contribution in [3.63, 3.8) is 0 Å². The molecule has 0 unspecified atom stereocenters. The van der Waals surface area contributed by atoms with Gasteiger partial charge in [0.15, 0.2) is 11.7 Å². The number of nitrogens with two attached hydrogens (primary N) is 2. The number of benzene rings is 1. The Balaban J connectivity index is 2.38. The molecule has 5 heteroatoms. The minimum absolute atomic E-state index is 0.185. The predicted octanol–water partition coefficient (Wildman–Crippen LogP) is 2.38. The molecule has 0 bridgehead atoms. The van der Waals surface area contributed by atoms with Gasteiger partial charge in [-0.3, -0.25) is 5.41 Å². The van der Waals surface area contributed by atoms with Crippen molar-refractivity contribution in [2.75, 3.05) is 11.5 Å². The molecule has 0 aliphatic rings. The lowest BCUT2D eigenvalue weighted by molar-refractivity contribution is 0.465. The number of nitrogens with one attached hydrogen (secondary N) is 1. The Morgan fingerprint density at radius 3 is 2.67 bits per heavy atom. The van der Waals surface area contributed by atoms with Crippen molar-refractivity contribution >= 4 is 17.1 Å². The Kier molecular flexibility index (Phi) is 3.06. The van der Waals surface area contributed by atoms with E-state index < -0.39 is 0 Å². The van der Waals surface area contributed by atoms with Crippen molar-refractivity contribution in [1.29, 1.82) is 5.41 Å². The average molecular weight is 244 g/mol. The number of aromatic nitrogens is 1. The van der Waals surface area contributed by atoms with Gasteiger partial charge in [0, 0.05) is 22.9 Å². The second-order valence-corrected chi connectivity index (χ2v) is 4.44. The van der Waals surface area contributed by atoms with E-state index in [1.807, 2.05) is 13.8 Å². The Morgan fingerprint density at radius 1 is 1.33 bits per heavy atom. The van der Waals surface area contributed by atoms with Gasteiger partial charge in [-0.25, -0.2) is 4.98 Å². The first-order valence-electron chi connectivity index (χ1n) is 5.69. The van der Waals surface area contributed by atoms with Gasteiger partial charge in [-0.1, -0.05) is 13.8 Å². The van der Waals surface area contributed by atoms with E-state index >= 15 is 0 Å². The molecule has 0 fully saturated rings. The lowest BCUT2D eigenvalue weighted by Gasteiger charge is -2.06. The highest BCUT2D eigenvalue weighted by Crippen LogP contribution is 2.21. The summed E-state index contributed by atoms with van der Waals surface area (Å²) in [6, 6.07) is 5.04. The van der Waals surface area contributed by atoms with Gasteiger partial charge in [0.1, 0.15) is 5.71 Å². The van der Waals surface area contributed by atoms with E-state index in [0.29, 0.717) is 28.6 Å². The van der Waals surface area contributed by atoms with E-state index in [4.69, 9.17) is 21.3 Å². The van der Waals surface area contributed by atoms with Crippen LogP contribution in [0.3, 0.4) is 0 Å². The van der Waals surface area contributed by atoms with Gasteiger partial charge in [-0.15, -0.1) is 0 Å². The van der Waals surface area contributed by atoms with Crippen molar-refractivity contribution in [3.8, 4) is 0 Å². The third kappa shape index (κ3) is 2.20. The molecule has 18 heavy (non-hydrogen) atoms. The first kappa shape index (κ1) is 12.2. The van der Waals surface area contributed by atoms with Crippen LogP contribution in [0.1, 0.15) is 37.0 Å². The molecule has 5 N–H and O–H groups in total. The van der Waals surface area contributed by atoms with Crippen LogP contribution in [0, 0.1) is 5.41 Å². The monoisotopic (exact) mass is 244 g/mol. The summed E-state index contributed by atoms with van der Waals surface area (Å²) in [7, 11) is 0. The molecule has 1 aromatic heterocycles. The molecule has 1 heterocycles.